The highest BCUT2D eigenvalue weighted by Gasteiger charge is 2.38. The van der Waals surface area contributed by atoms with E-state index in [0.717, 1.165) is 6.26 Å². The molecule has 1 fully saturated rings. The summed E-state index contributed by atoms with van der Waals surface area (Å²) in [5, 5.41) is 4.98. The third-order valence-corrected chi connectivity index (χ3v) is 4.86. The van der Waals surface area contributed by atoms with Crippen LogP contribution in [0.5, 0.6) is 0 Å². The minimum Gasteiger partial charge on any atom is -0.338 e. The van der Waals surface area contributed by atoms with Crippen molar-refractivity contribution in [1.29, 1.82) is 0 Å². The summed E-state index contributed by atoms with van der Waals surface area (Å²) in [6.45, 7) is 0.276. The van der Waals surface area contributed by atoms with Crippen molar-refractivity contribution in [3.63, 3.8) is 0 Å². The second-order valence-corrected chi connectivity index (χ2v) is 7.80. The average Bonchev–Trinajstić information content (AvgIpc) is 2.77. The van der Waals surface area contributed by atoms with E-state index >= 15 is 0 Å². The van der Waals surface area contributed by atoms with Gasteiger partial charge in [0, 0.05) is 31.8 Å². The van der Waals surface area contributed by atoms with Crippen LogP contribution in [0.25, 0.3) is 0 Å². The number of carbonyl (C=O) groups excluding carboxylic acids is 1. The van der Waals surface area contributed by atoms with E-state index in [2.05, 4.69) is 15.6 Å². The minimum absolute atomic E-state index is 0.0518. The van der Waals surface area contributed by atoms with Crippen LogP contribution in [-0.2, 0) is 9.84 Å². The Morgan fingerprint density at radius 1 is 1.48 bits per heavy atom. The van der Waals surface area contributed by atoms with Crippen LogP contribution < -0.4 is 10.6 Å². The van der Waals surface area contributed by atoms with E-state index in [1.165, 1.54) is 18.3 Å². The lowest BCUT2D eigenvalue weighted by atomic mass is 10.0. The van der Waals surface area contributed by atoms with Gasteiger partial charge in [0.25, 0.3) is 0 Å². The van der Waals surface area contributed by atoms with Gasteiger partial charge >= 0.3 is 6.03 Å². The van der Waals surface area contributed by atoms with Crippen LogP contribution in [0, 0.1) is 5.92 Å². The predicted octanol–water partition coefficient (Wildman–Crippen LogP) is 2.43. The van der Waals surface area contributed by atoms with E-state index in [1.54, 1.807) is 0 Å². The molecule has 1 unspecified atom stereocenters. The topological polar surface area (TPSA) is 88.2 Å². The van der Waals surface area contributed by atoms with E-state index < -0.39 is 21.8 Å². The molecule has 2 rings (SSSR count). The Labute approximate surface area is 133 Å². The number of urea groups is 1. The Hall–Kier alpha value is -1.77. The number of anilines is 1. The number of sulfone groups is 1. The molecule has 0 spiro atoms. The van der Waals surface area contributed by atoms with Crippen molar-refractivity contribution < 1.29 is 22.0 Å². The zero-order valence-corrected chi connectivity index (χ0v) is 13.5. The van der Waals surface area contributed by atoms with E-state index in [1.807, 2.05) is 0 Å². The van der Waals surface area contributed by atoms with Crippen molar-refractivity contribution in [1.82, 2.24) is 10.3 Å². The molecule has 23 heavy (non-hydrogen) atoms. The van der Waals surface area contributed by atoms with Crippen LogP contribution in [0.2, 0.25) is 0 Å². The van der Waals surface area contributed by atoms with Gasteiger partial charge in [0.2, 0.25) is 5.92 Å². The average molecular weight is 347 g/mol. The summed E-state index contributed by atoms with van der Waals surface area (Å²) in [4.78, 5) is 15.6. The van der Waals surface area contributed by atoms with Crippen LogP contribution in [0.3, 0.4) is 0 Å². The first-order valence-corrected chi connectivity index (χ1v) is 9.14. The maximum Gasteiger partial charge on any atom is 0.320 e. The van der Waals surface area contributed by atoms with Gasteiger partial charge in [0.1, 0.15) is 5.82 Å². The summed E-state index contributed by atoms with van der Waals surface area (Å²) in [6, 6.07) is 2.04. The molecular weight excluding hydrogens is 328 g/mol. The lowest BCUT2D eigenvalue weighted by molar-refractivity contribution is 0.00478. The normalized spacial score (nSPS) is 20.2. The molecular formula is C14H19F2N3O3S. The molecule has 0 aromatic carbocycles. The number of pyridine rings is 1. The molecule has 1 atom stereocenters. The van der Waals surface area contributed by atoms with E-state index in [-0.39, 0.29) is 36.0 Å². The zero-order chi connectivity index (χ0) is 17.1. The summed E-state index contributed by atoms with van der Waals surface area (Å²) in [6.07, 6.45) is 3.07. The molecule has 1 aliphatic carbocycles. The number of hydrogen-bond donors (Lipinski definition) is 2. The molecule has 2 N–H and O–H groups in total. The number of nitrogens with zero attached hydrogens (tertiary/aromatic N) is 1. The van der Waals surface area contributed by atoms with Crippen molar-refractivity contribution in [2.45, 2.75) is 36.5 Å². The quantitative estimate of drug-likeness (QED) is 0.856. The van der Waals surface area contributed by atoms with Gasteiger partial charge in [-0.05, 0) is 30.9 Å². The molecule has 1 aromatic rings. The van der Waals surface area contributed by atoms with Crippen LogP contribution in [0.1, 0.15) is 25.7 Å². The van der Waals surface area contributed by atoms with Crippen molar-refractivity contribution in [2.75, 3.05) is 18.1 Å². The lowest BCUT2D eigenvalue weighted by Gasteiger charge is -2.12. The van der Waals surface area contributed by atoms with Crippen molar-refractivity contribution in [2.24, 2.45) is 5.92 Å². The summed E-state index contributed by atoms with van der Waals surface area (Å²) >= 11 is 0. The van der Waals surface area contributed by atoms with Gasteiger partial charge in [-0.25, -0.2) is 27.0 Å². The number of carbonyl (C=O) groups is 1. The summed E-state index contributed by atoms with van der Waals surface area (Å²) < 4.78 is 48.9. The molecule has 1 aliphatic rings. The van der Waals surface area contributed by atoms with Gasteiger partial charge in [-0.15, -0.1) is 0 Å². The fraction of sp³-hybridized carbons (Fsp3) is 0.571. The second-order valence-electron chi connectivity index (χ2n) is 5.78. The van der Waals surface area contributed by atoms with Gasteiger partial charge in [0.05, 0.1) is 4.90 Å². The van der Waals surface area contributed by atoms with Gasteiger partial charge < -0.3 is 5.32 Å². The number of nitrogens with one attached hydrogen (secondary N) is 2. The van der Waals surface area contributed by atoms with E-state index in [4.69, 9.17) is 0 Å². The third-order valence-electron chi connectivity index (χ3n) is 3.74. The van der Waals surface area contributed by atoms with Crippen LogP contribution >= 0.6 is 0 Å². The molecule has 9 heteroatoms. The first-order valence-electron chi connectivity index (χ1n) is 7.24. The largest absolute Gasteiger partial charge is 0.338 e. The van der Waals surface area contributed by atoms with Gasteiger partial charge in [0.15, 0.2) is 9.84 Å². The Kier molecular flexibility index (Phi) is 5.18. The predicted molar refractivity (Wildman–Crippen MR) is 81.3 cm³/mol. The van der Waals surface area contributed by atoms with E-state index in [0.29, 0.717) is 12.8 Å². The molecule has 0 radical (unpaired) electrons. The fourth-order valence-corrected chi connectivity index (χ4v) is 3.18. The van der Waals surface area contributed by atoms with Crippen LogP contribution in [0.4, 0.5) is 19.4 Å². The molecule has 2 amide bonds. The number of hydrogen-bond acceptors (Lipinski definition) is 4. The molecule has 0 aliphatic heterocycles. The number of alkyl halides is 2. The zero-order valence-electron chi connectivity index (χ0n) is 12.7. The van der Waals surface area contributed by atoms with Crippen LogP contribution in [-0.4, -0.2) is 38.2 Å². The molecule has 6 nitrogen and oxygen atoms in total. The molecule has 1 aromatic heterocycles. The smallest absolute Gasteiger partial charge is 0.320 e. The summed E-state index contributed by atoms with van der Waals surface area (Å²) in [7, 11) is -3.38. The van der Waals surface area contributed by atoms with Crippen molar-refractivity contribution >= 4 is 21.7 Å². The highest BCUT2D eigenvalue weighted by molar-refractivity contribution is 7.90. The standard InChI is InChI=1S/C14H19F2N3O3S/c1-23(21,22)11-4-7-17-12(8-11)19-13(20)18-6-3-10-2-5-14(15,16)9-10/h4,7-8,10H,2-3,5-6,9H2,1H3,(H2,17,18,19,20). The number of rotatable bonds is 5. The maximum absolute atomic E-state index is 13.0. The van der Waals surface area contributed by atoms with Gasteiger partial charge in [-0.3, -0.25) is 5.32 Å². The minimum atomic E-state index is -3.38. The SMILES string of the molecule is CS(=O)(=O)c1ccnc(NC(=O)NCCC2CCC(F)(F)C2)c1. The molecule has 0 bridgehead atoms. The maximum atomic E-state index is 13.0. The van der Waals surface area contributed by atoms with E-state index in [9.17, 15) is 22.0 Å². The van der Waals surface area contributed by atoms with Crippen LogP contribution in [0.15, 0.2) is 23.2 Å². The fourth-order valence-electron chi connectivity index (χ4n) is 2.55. The molecule has 1 saturated carbocycles. The first kappa shape index (κ1) is 17.6. The Bertz CT molecular complexity index is 680. The van der Waals surface area contributed by atoms with Crippen molar-refractivity contribution in [3.8, 4) is 0 Å². The Balaban J connectivity index is 1.79. The van der Waals surface area contributed by atoms with Gasteiger partial charge in [-0.2, -0.15) is 0 Å². The highest BCUT2D eigenvalue weighted by Crippen LogP contribution is 2.40. The molecule has 0 saturated heterocycles. The highest BCUT2D eigenvalue weighted by atomic mass is 32.2. The first-order chi connectivity index (χ1) is 10.7. The Morgan fingerprint density at radius 3 is 2.83 bits per heavy atom. The third kappa shape index (κ3) is 5.42. The summed E-state index contributed by atoms with van der Waals surface area (Å²) in [5.74, 6) is -2.56. The molecule has 128 valence electrons. The number of aromatic nitrogens is 1. The van der Waals surface area contributed by atoms with Crippen molar-refractivity contribution in [3.05, 3.63) is 18.3 Å². The second kappa shape index (κ2) is 6.77. The Morgan fingerprint density at radius 2 is 2.22 bits per heavy atom. The summed E-state index contributed by atoms with van der Waals surface area (Å²) in [5.41, 5.74) is 0. The van der Waals surface area contributed by atoms with Gasteiger partial charge in [-0.1, -0.05) is 0 Å². The molecule has 1 heterocycles. The number of amides is 2. The monoisotopic (exact) mass is 347 g/mol. The lowest BCUT2D eigenvalue weighted by Crippen LogP contribution is -2.30. The number of halogens is 2.